The van der Waals surface area contributed by atoms with Crippen LogP contribution >= 0.6 is 0 Å². The van der Waals surface area contributed by atoms with Gasteiger partial charge in [-0.05, 0) is 32.4 Å². The van der Waals surface area contributed by atoms with Gasteiger partial charge in [0.25, 0.3) is 0 Å². The minimum absolute atomic E-state index is 0.129. The normalized spacial score (nSPS) is 12.0. The summed E-state index contributed by atoms with van der Waals surface area (Å²) in [6.45, 7) is 5.63. The van der Waals surface area contributed by atoms with E-state index in [0.29, 0.717) is 11.3 Å². The van der Waals surface area contributed by atoms with Crippen molar-refractivity contribution >= 4 is 17.6 Å². The summed E-state index contributed by atoms with van der Waals surface area (Å²) in [7, 11) is 1.85. The van der Waals surface area contributed by atoms with Crippen molar-refractivity contribution in [3.63, 3.8) is 0 Å². The first-order valence-corrected chi connectivity index (χ1v) is 7.42. The lowest BCUT2D eigenvalue weighted by atomic mass is 9.98. The van der Waals surface area contributed by atoms with Gasteiger partial charge in [0, 0.05) is 24.0 Å². The van der Waals surface area contributed by atoms with E-state index in [4.69, 9.17) is 5.11 Å². The number of hydrogen-bond donors (Lipinski definition) is 2. The Morgan fingerprint density at radius 2 is 1.96 bits per heavy atom. The zero-order valence-corrected chi connectivity index (χ0v) is 13.8. The van der Waals surface area contributed by atoms with Crippen molar-refractivity contribution in [1.29, 1.82) is 0 Å². The number of anilines is 1. The minimum Gasteiger partial charge on any atom is -0.481 e. The first kappa shape index (κ1) is 16.7. The van der Waals surface area contributed by atoms with Gasteiger partial charge in [0.05, 0.1) is 18.0 Å². The molecule has 0 spiro atoms. The van der Waals surface area contributed by atoms with Crippen molar-refractivity contribution in [2.75, 3.05) is 5.32 Å². The zero-order valence-electron chi connectivity index (χ0n) is 13.8. The largest absolute Gasteiger partial charge is 0.481 e. The van der Waals surface area contributed by atoms with Crippen LogP contribution in [0.4, 0.5) is 5.69 Å². The van der Waals surface area contributed by atoms with E-state index < -0.39 is 5.97 Å². The lowest BCUT2D eigenvalue weighted by Gasteiger charge is -2.15. The number of amides is 1. The van der Waals surface area contributed by atoms with Gasteiger partial charge in [-0.1, -0.05) is 18.2 Å². The molecule has 6 nitrogen and oxygen atoms in total. The van der Waals surface area contributed by atoms with Gasteiger partial charge >= 0.3 is 5.97 Å². The molecule has 1 heterocycles. The second kappa shape index (κ2) is 6.64. The van der Waals surface area contributed by atoms with Gasteiger partial charge in [-0.2, -0.15) is 5.10 Å². The molecule has 0 aliphatic carbocycles. The highest BCUT2D eigenvalue weighted by Crippen LogP contribution is 2.25. The van der Waals surface area contributed by atoms with E-state index in [1.807, 2.05) is 27.8 Å². The summed E-state index contributed by atoms with van der Waals surface area (Å²) in [5.74, 6) is -1.48. The van der Waals surface area contributed by atoms with Gasteiger partial charge in [-0.25, -0.2) is 0 Å². The fourth-order valence-corrected chi connectivity index (χ4v) is 2.75. The molecule has 122 valence electrons. The van der Waals surface area contributed by atoms with Crippen LogP contribution in [0.3, 0.4) is 0 Å². The summed E-state index contributed by atoms with van der Waals surface area (Å²) in [6.07, 6.45) is -0.129. The van der Waals surface area contributed by atoms with Crippen molar-refractivity contribution in [3.05, 3.63) is 46.8 Å². The number of carboxylic acid groups (broad SMARTS) is 1. The molecule has 2 N–H and O–H groups in total. The molecule has 0 radical (unpaired) electrons. The van der Waals surface area contributed by atoms with E-state index in [0.717, 1.165) is 17.0 Å². The van der Waals surface area contributed by atoms with Crippen LogP contribution < -0.4 is 5.32 Å². The van der Waals surface area contributed by atoms with Crippen molar-refractivity contribution in [2.24, 2.45) is 7.05 Å². The molecular formula is C17H21N3O3. The van der Waals surface area contributed by atoms with E-state index in [9.17, 15) is 9.59 Å². The van der Waals surface area contributed by atoms with E-state index in [1.165, 1.54) is 0 Å². The Kier molecular flexibility index (Phi) is 4.83. The quantitative estimate of drug-likeness (QED) is 0.887. The second-order valence-electron chi connectivity index (χ2n) is 5.65. The number of aryl methyl sites for hydroxylation is 2. The predicted molar refractivity (Wildman–Crippen MR) is 87.5 cm³/mol. The Hall–Kier alpha value is -2.63. The number of nitrogens with zero attached hydrogens (tertiary/aromatic N) is 2. The highest BCUT2D eigenvalue weighted by atomic mass is 16.4. The van der Waals surface area contributed by atoms with Crippen LogP contribution in [0.2, 0.25) is 0 Å². The minimum atomic E-state index is -0.932. The van der Waals surface area contributed by atoms with Gasteiger partial charge in [0.1, 0.15) is 0 Å². The number of carbonyl (C=O) groups excluding carboxylic acids is 1. The van der Waals surface area contributed by atoms with Crippen LogP contribution in [0.1, 0.15) is 35.4 Å². The van der Waals surface area contributed by atoms with E-state index in [-0.39, 0.29) is 18.2 Å². The lowest BCUT2D eigenvalue weighted by Crippen LogP contribution is -2.21. The predicted octanol–water partition coefficient (Wildman–Crippen LogP) is 2.41. The molecule has 0 saturated heterocycles. The van der Waals surface area contributed by atoms with Gasteiger partial charge in [-0.15, -0.1) is 0 Å². The number of carboxylic acids is 1. The summed E-state index contributed by atoms with van der Waals surface area (Å²) in [6, 6.07) is 6.94. The van der Waals surface area contributed by atoms with Crippen LogP contribution in [-0.2, 0) is 23.1 Å². The molecule has 1 amide bonds. The van der Waals surface area contributed by atoms with Crippen LogP contribution in [0, 0.1) is 13.8 Å². The van der Waals surface area contributed by atoms with Crippen molar-refractivity contribution in [2.45, 2.75) is 33.1 Å². The van der Waals surface area contributed by atoms with Crippen LogP contribution in [0.15, 0.2) is 24.3 Å². The number of aliphatic carboxylic acids is 1. The Morgan fingerprint density at radius 1 is 1.30 bits per heavy atom. The molecule has 0 aliphatic rings. The molecule has 1 aromatic carbocycles. The first-order chi connectivity index (χ1) is 10.8. The first-order valence-electron chi connectivity index (χ1n) is 7.42. The number of benzene rings is 1. The maximum Gasteiger partial charge on any atom is 0.307 e. The summed E-state index contributed by atoms with van der Waals surface area (Å²) in [5.41, 5.74) is 3.79. The van der Waals surface area contributed by atoms with Gasteiger partial charge in [0.2, 0.25) is 5.91 Å². The Balaban J connectivity index is 2.24. The van der Waals surface area contributed by atoms with Gasteiger partial charge in [0.15, 0.2) is 0 Å². The fraction of sp³-hybridized carbons (Fsp3) is 0.353. The number of rotatable bonds is 5. The molecule has 1 unspecified atom stereocenters. The molecule has 6 heteroatoms. The summed E-state index contributed by atoms with van der Waals surface area (Å²) < 4.78 is 1.76. The Morgan fingerprint density at radius 3 is 2.52 bits per heavy atom. The second-order valence-corrected chi connectivity index (χ2v) is 5.65. The maximum atomic E-state index is 12.6. The average molecular weight is 315 g/mol. The monoisotopic (exact) mass is 315 g/mol. The molecule has 1 atom stereocenters. The van der Waals surface area contributed by atoms with Crippen LogP contribution in [-0.4, -0.2) is 26.8 Å². The summed E-state index contributed by atoms with van der Waals surface area (Å²) in [4.78, 5) is 23.5. The van der Waals surface area contributed by atoms with Crippen molar-refractivity contribution in [1.82, 2.24) is 9.78 Å². The molecule has 2 aromatic rings. The molecule has 23 heavy (non-hydrogen) atoms. The highest BCUT2D eigenvalue weighted by molar-refractivity contribution is 5.97. The molecular weight excluding hydrogens is 294 g/mol. The third-order valence-corrected chi connectivity index (χ3v) is 4.01. The topological polar surface area (TPSA) is 84.2 Å². The van der Waals surface area contributed by atoms with Gasteiger partial charge in [-0.3, -0.25) is 14.3 Å². The summed E-state index contributed by atoms with van der Waals surface area (Å²) in [5, 5.41) is 16.1. The smallest absolute Gasteiger partial charge is 0.307 e. The molecule has 0 bridgehead atoms. The third kappa shape index (κ3) is 3.59. The van der Waals surface area contributed by atoms with Crippen LogP contribution in [0.25, 0.3) is 0 Å². The van der Waals surface area contributed by atoms with E-state index in [1.54, 1.807) is 28.9 Å². The molecule has 0 fully saturated rings. The zero-order chi connectivity index (χ0) is 17.1. The number of carbonyl (C=O) groups is 2. The average Bonchev–Trinajstić information content (AvgIpc) is 2.73. The van der Waals surface area contributed by atoms with Crippen LogP contribution in [0.5, 0.6) is 0 Å². The van der Waals surface area contributed by atoms with Gasteiger partial charge < -0.3 is 10.4 Å². The molecule has 1 aromatic heterocycles. The molecule has 2 rings (SSSR count). The maximum absolute atomic E-state index is 12.6. The number of aromatic nitrogens is 2. The Bertz CT molecular complexity index is 750. The van der Waals surface area contributed by atoms with Crippen molar-refractivity contribution in [3.8, 4) is 0 Å². The Labute approximate surface area is 135 Å². The lowest BCUT2D eigenvalue weighted by molar-refractivity contribution is -0.136. The standard InChI is InChI=1S/C17H21N3O3/c1-10(16-11(2)19-20(4)12(16)3)17(23)18-14-8-6-5-7-13(14)9-15(21)22/h5-8,10H,9H2,1-4H3,(H,18,23)(H,21,22). The molecule has 0 aliphatic heterocycles. The fourth-order valence-electron chi connectivity index (χ4n) is 2.75. The number of para-hydroxylation sites is 1. The van der Waals surface area contributed by atoms with Crippen molar-refractivity contribution < 1.29 is 14.7 Å². The summed E-state index contributed by atoms with van der Waals surface area (Å²) >= 11 is 0. The third-order valence-electron chi connectivity index (χ3n) is 4.01. The molecule has 0 saturated carbocycles. The number of nitrogens with one attached hydrogen (secondary N) is 1. The number of hydrogen-bond acceptors (Lipinski definition) is 3. The highest BCUT2D eigenvalue weighted by Gasteiger charge is 2.23. The van der Waals surface area contributed by atoms with E-state index in [2.05, 4.69) is 10.4 Å². The SMILES string of the molecule is Cc1nn(C)c(C)c1C(C)C(=O)Nc1ccccc1CC(=O)O. The van der Waals surface area contributed by atoms with E-state index >= 15 is 0 Å².